The fourth-order valence-corrected chi connectivity index (χ4v) is 2.11. The molecule has 2 aliphatic rings. The van der Waals surface area contributed by atoms with Gasteiger partial charge in [-0.2, -0.15) is 0 Å². The van der Waals surface area contributed by atoms with Gasteiger partial charge in [-0.1, -0.05) is 6.08 Å². The van der Waals surface area contributed by atoms with Crippen LogP contribution in [-0.2, 0) is 0 Å². The van der Waals surface area contributed by atoms with Gasteiger partial charge in [0.1, 0.15) is 0 Å². The number of nitrogens with zero attached hydrogens (tertiary/aromatic N) is 2. The van der Waals surface area contributed by atoms with Gasteiger partial charge in [-0.3, -0.25) is 4.99 Å². The van der Waals surface area contributed by atoms with Crippen molar-refractivity contribution < 1.29 is 0 Å². The van der Waals surface area contributed by atoms with Crippen molar-refractivity contribution in [1.29, 1.82) is 0 Å². The Morgan fingerprint density at radius 1 is 1.64 bits per heavy atom. The summed E-state index contributed by atoms with van der Waals surface area (Å²) in [5.41, 5.74) is 0. The maximum Gasteiger partial charge on any atom is 0.0946 e. The van der Waals surface area contributed by atoms with Gasteiger partial charge in [0.05, 0.1) is 15.8 Å². The zero-order valence-corrected chi connectivity index (χ0v) is 8.39. The average molecular weight is 260 g/mol. The summed E-state index contributed by atoms with van der Waals surface area (Å²) in [7, 11) is 2.11. The summed E-state index contributed by atoms with van der Waals surface area (Å²) in [6.07, 6.45) is 8.28. The summed E-state index contributed by atoms with van der Waals surface area (Å²) in [6.45, 7) is 0. The quantitative estimate of drug-likeness (QED) is 0.477. The van der Waals surface area contributed by atoms with E-state index in [4.69, 9.17) is 0 Å². The largest absolute Gasteiger partial charge is 0.361 e. The van der Waals surface area contributed by atoms with Crippen molar-refractivity contribution in [2.45, 2.75) is 12.1 Å². The van der Waals surface area contributed by atoms with Gasteiger partial charge in [0, 0.05) is 13.3 Å². The first-order chi connectivity index (χ1) is 5.29. The molecular weight excluding hydrogens is 251 g/mol. The molecule has 0 saturated heterocycles. The van der Waals surface area contributed by atoms with Crippen LogP contribution in [0, 0.1) is 0 Å². The monoisotopic (exact) mass is 260 g/mol. The Kier molecular flexibility index (Phi) is 1.75. The molecule has 0 saturated carbocycles. The maximum atomic E-state index is 4.36. The van der Waals surface area contributed by atoms with Crippen molar-refractivity contribution >= 4 is 28.8 Å². The lowest BCUT2D eigenvalue weighted by molar-refractivity contribution is 0.389. The van der Waals surface area contributed by atoms with Crippen LogP contribution in [0.3, 0.4) is 0 Å². The minimum atomic E-state index is 0.358. The molecule has 0 radical (unpaired) electrons. The molecule has 0 fully saturated rings. The number of allylic oxidation sites excluding steroid dienone is 1. The van der Waals surface area contributed by atoms with Gasteiger partial charge in [-0.15, -0.1) is 0 Å². The molecule has 0 aromatic rings. The second-order valence-corrected chi connectivity index (χ2v) is 3.87. The van der Waals surface area contributed by atoms with Crippen LogP contribution in [-0.4, -0.2) is 30.2 Å². The molecule has 0 aromatic carbocycles. The predicted molar refractivity (Wildman–Crippen MR) is 55.1 cm³/mol. The van der Waals surface area contributed by atoms with Gasteiger partial charge in [-0.25, -0.2) is 0 Å². The number of aliphatic imine (C=N–C) groups is 1. The lowest BCUT2D eigenvalue weighted by atomic mass is 10.1. The van der Waals surface area contributed by atoms with Crippen LogP contribution in [0.25, 0.3) is 0 Å². The SMILES string of the molecule is CN1C(I)=CC2N=CC=CC21. The van der Waals surface area contributed by atoms with E-state index in [1.807, 2.05) is 12.3 Å². The van der Waals surface area contributed by atoms with Crippen LogP contribution in [0.4, 0.5) is 0 Å². The van der Waals surface area contributed by atoms with E-state index in [1.165, 1.54) is 3.70 Å². The molecule has 2 heterocycles. The van der Waals surface area contributed by atoms with Gasteiger partial charge in [-0.05, 0) is 34.7 Å². The fourth-order valence-electron chi connectivity index (χ4n) is 1.42. The minimum Gasteiger partial charge on any atom is -0.361 e. The number of halogens is 1. The van der Waals surface area contributed by atoms with Crippen molar-refractivity contribution in [1.82, 2.24) is 4.90 Å². The predicted octanol–water partition coefficient (Wildman–Crippen LogP) is 1.59. The normalized spacial score (nSPS) is 34.0. The van der Waals surface area contributed by atoms with Crippen LogP contribution in [0.15, 0.2) is 26.9 Å². The molecular formula is C8H9IN2. The molecule has 2 atom stereocenters. The van der Waals surface area contributed by atoms with Crippen molar-refractivity contribution in [3.05, 3.63) is 21.9 Å². The first-order valence-corrected chi connectivity index (χ1v) is 4.67. The third-order valence-corrected chi connectivity index (χ3v) is 3.22. The highest BCUT2D eigenvalue weighted by Gasteiger charge is 2.29. The van der Waals surface area contributed by atoms with Crippen LogP contribution in [0.1, 0.15) is 0 Å². The molecule has 58 valence electrons. The van der Waals surface area contributed by atoms with E-state index in [9.17, 15) is 0 Å². The van der Waals surface area contributed by atoms with Crippen LogP contribution >= 0.6 is 22.6 Å². The molecule has 11 heavy (non-hydrogen) atoms. The fraction of sp³-hybridized carbons (Fsp3) is 0.375. The molecule has 2 nitrogen and oxygen atoms in total. The van der Waals surface area contributed by atoms with Crippen molar-refractivity contribution in [2.24, 2.45) is 4.99 Å². The third kappa shape index (κ3) is 1.11. The summed E-state index contributed by atoms with van der Waals surface area (Å²) >= 11 is 2.34. The first-order valence-electron chi connectivity index (χ1n) is 3.59. The Hall–Kier alpha value is -0.320. The number of dihydropyridines is 1. The van der Waals surface area contributed by atoms with E-state index >= 15 is 0 Å². The smallest absolute Gasteiger partial charge is 0.0946 e. The summed E-state index contributed by atoms with van der Waals surface area (Å²) in [6, 6.07) is 0.823. The lowest BCUT2D eigenvalue weighted by Gasteiger charge is -2.23. The molecule has 0 amide bonds. The van der Waals surface area contributed by atoms with E-state index in [0.717, 1.165) is 0 Å². The number of hydrogen-bond acceptors (Lipinski definition) is 2. The van der Waals surface area contributed by atoms with E-state index in [2.05, 4.69) is 51.7 Å². The maximum absolute atomic E-state index is 4.36. The molecule has 0 aromatic heterocycles. The Morgan fingerprint density at radius 3 is 3.18 bits per heavy atom. The van der Waals surface area contributed by atoms with Gasteiger partial charge in [0.25, 0.3) is 0 Å². The minimum absolute atomic E-state index is 0.358. The zero-order chi connectivity index (χ0) is 7.84. The van der Waals surface area contributed by atoms with Crippen molar-refractivity contribution in [2.75, 3.05) is 7.05 Å². The van der Waals surface area contributed by atoms with Crippen molar-refractivity contribution in [3.8, 4) is 0 Å². The van der Waals surface area contributed by atoms with Gasteiger partial charge < -0.3 is 4.90 Å². The van der Waals surface area contributed by atoms with Gasteiger partial charge in [0.15, 0.2) is 0 Å². The van der Waals surface area contributed by atoms with Gasteiger partial charge >= 0.3 is 0 Å². The average Bonchev–Trinajstić information content (AvgIpc) is 2.30. The van der Waals surface area contributed by atoms with E-state index in [-0.39, 0.29) is 0 Å². The molecule has 0 bridgehead atoms. The summed E-state index contributed by atoms with van der Waals surface area (Å²) in [4.78, 5) is 6.61. The first kappa shape index (κ1) is 7.34. The third-order valence-electron chi connectivity index (χ3n) is 2.09. The highest BCUT2D eigenvalue weighted by Crippen LogP contribution is 2.28. The Morgan fingerprint density at radius 2 is 2.45 bits per heavy atom. The molecule has 2 unspecified atom stereocenters. The molecule has 2 aliphatic heterocycles. The summed E-state index contributed by atoms with van der Waals surface area (Å²) in [5.74, 6) is 0. The van der Waals surface area contributed by atoms with Crippen LogP contribution in [0.5, 0.6) is 0 Å². The number of fused-ring (bicyclic) bond motifs is 1. The second-order valence-electron chi connectivity index (χ2n) is 2.76. The zero-order valence-electron chi connectivity index (χ0n) is 6.24. The van der Waals surface area contributed by atoms with E-state index in [0.29, 0.717) is 12.1 Å². The second kappa shape index (κ2) is 2.62. The Labute approximate surface area is 79.8 Å². The highest BCUT2D eigenvalue weighted by molar-refractivity contribution is 14.1. The highest BCUT2D eigenvalue weighted by atomic mass is 127. The Balaban J connectivity index is 2.29. The number of hydrogen-bond donors (Lipinski definition) is 0. The van der Waals surface area contributed by atoms with Crippen LogP contribution < -0.4 is 0 Å². The standard InChI is InChI=1S/C8H9IN2/c1-11-7-3-2-4-10-6(7)5-8(11)9/h2-7H,1H3. The molecule has 0 aliphatic carbocycles. The molecule has 2 rings (SSSR count). The molecule has 0 spiro atoms. The van der Waals surface area contributed by atoms with E-state index in [1.54, 1.807) is 0 Å². The van der Waals surface area contributed by atoms with Gasteiger partial charge in [0.2, 0.25) is 0 Å². The van der Waals surface area contributed by atoms with Crippen LogP contribution in [0.2, 0.25) is 0 Å². The van der Waals surface area contributed by atoms with E-state index < -0.39 is 0 Å². The van der Waals surface area contributed by atoms with Crippen molar-refractivity contribution in [3.63, 3.8) is 0 Å². The summed E-state index contributed by atoms with van der Waals surface area (Å²) in [5, 5.41) is 0. The topological polar surface area (TPSA) is 15.6 Å². The summed E-state index contributed by atoms with van der Waals surface area (Å²) < 4.78 is 1.29. The lowest BCUT2D eigenvalue weighted by Crippen LogP contribution is -2.31. The Bertz CT molecular complexity index is 255. The number of rotatable bonds is 0. The molecule has 3 heteroatoms. The molecule has 0 N–H and O–H groups in total. The number of likely N-dealkylation sites (N-methyl/N-ethyl adjacent to an activating group) is 1.